The molecule has 9 heteroatoms. The zero-order valence-corrected chi connectivity index (χ0v) is 12.2. The first-order chi connectivity index (χ1) is 10.8. The maximum Gasteiger partial charge on any atom is 0.387 e. The highest BCUT2D eigenvalue weighted by Crippen LogP contribution is 2.28. The number of rotatable bonds is 5. The van der Waals surface area contributed by atoms with E-state index in [1.54, 1.807) is 13.0 Å². The minimum atomic E-state index is -3.06. The normalized spacial score (nSPS) is 10.7. The van der Waals surface area contributed by atoms with E-state index >= 15 is 0 Å². The molecule has 0 saturated carbocycles. The fourth-order valence-electron chi connectivity index (χ4n) is 1.99. The Morgan fingerprint density at radius 2 is 2.09 bits per heavy atom. The first-order valence-electron chi connectivity index (χ1n) is 6.41. The Morgan fingerprint density at radius 3 is 2.70 bits per heavy atom. The lowest BCUT2D eigenvalue weighted by atomic mass is 10.2. The number of aromatic carboxylic acids is 1. The predicted molar refractivity (Wildman–Crippen MR) is 75.9 cm³/mol. The molecule has 2 aromatic rings. The van der Waals surface area contributed by atoms with Crippen molar-refractivity contribution in [1.82, 2.24) is 9.78 Å². The van der Waals surface area contributed by atoms with Crippen LogP contribution in [0, 0.1) is 6.92 Å². The number of carbonyl (C=O) groups excluding carboxylic acids is 1. The fourth-order valence-corrected chi connectivity index (χ4v) is 1.99. The first-order valence-corrected chi connectivity index (χ1v) is 6.41. The number of hydrogen-bond acceptors (Lipinski definition) is 4. The highest BCUT2D eigenvalue weighted by molar-refractivity contribution is 6.10. The summed E-state index contributed by atoms with van der Waals surface area (Å²) in [4.78, 5) is 23.4. The number of carboxylic acids is 1. The predicted octanol–water partition coefficient (Wildman–Crippen LogP) is 2.28. The minimum Gasteiger partial charge on any atom is -0.478 e. The van der Waals surface area contributed by atoms with Crippen LogP contribution < -0.4 is 10.1 Å². The van der Waals surface area contributed by atoms with E-state index in [1.165, 1.54) is 19.2 Å². The average Bonchev–Trinajstić information content (AvgIpc) is 2.83. The molecule has 2 N–H and O–H groups in total. The molecular weight excluding hydrogens is 312 g/mol. The zero-order chi connectivity index (χ0) is 17.1. The Hall–Kier alpha value is -2.97. The Balaban J connectivity index is 2.36. The Morgan fingerprint density at radius 1 is 1.39 bits per heavy atom. The third-order valence-electron chi connectivity index (χ3n) is 2.98. The van der Waals surface area contributed by atoms with Gasteiger partial charge in [-0.3, -0.25) is 9.48 Å². The largest absolute Gasteiger partial charge is 0.478 e. The molecule has 0 saturated heterocycles. The SMILES string of the molecule is Cc1ccc(OC(F)F)c(NC(=O)c2c(C(=O)O)cnn2C)c1. The summed E-state index contributed by atoms with van der Waals surface area (Å²) >= 11 is 0. The van der Waals surface area contributed by atoms with Crippen LogP contribution in [0.15, 0.2) is 24.4 Å². The van der Waals surface area contributed by atoms with Gasteiger partial charge in [0, 0.05) is 7.05 Å². The van der Waals surface area contributed by atoms with E-state index in [0.717, 1.165) is 10.9 Å². The molecule has 2 rings (SSSR count). The van der Waals surface area contributed by atoms with Gasteiger partial charge in [-0.05, 0) is 24.6 Å². The van der Waals surface area contributed by atoms with E-state index in [1.807, 2.05) is 0 Å². The van der Waals surface area contributed by atoms with Crippen LogP contribution in [0.3, 0.4) is 0 Å². The second-order valence-corrected chi connectivity index (χ2v) is 4.67. The average molecular weight is 325 g/mol. The van der Waals surface area contributed by atoms with Crippen molar-refractivity contribution in [3.63, 3.8) is 0 Å². The van der Waals surface area contributed by atoms with Crippen molar-refractivity contribution in [1.29, 1.82) is 0 Å². The van der Waals surface area contributed by atoms with Crippen LogP contribution in [-0.2, 0) is 7.05 Å². The lowest BCUT2D eigenvalue weighted by Gasteiger charge is -2.13. The van der Waals surface area contributed by atoms with E-state index < -0.39 is 18.5 Å². The van der Waals surface area contributed by atoms with Crippen LogP contribution in [0.2, 0.25) is 0 Å². The van der Waals surface area contributed by atoms with Crippen LogP contribution >= 0.6 is 0 Å². The zero-order valence-electron chi connectivity index (χ0n) is 12.2. The molecule has 0 aliphatic rings. The second-order valence-electron chi connectivity index (χ2n) is 4.67. The van der Waals surface area contributed by atoms with Crippen molar-refractivity contribution in [2.75, 3.05) is 5.32 Å². The number of halogens is 2. The summed E-state index contributed by atoms with van der Waals surface area (Å²) in [5.41, 5.74) is 0.203. The summed E-state index contributed by atoms with van der Waals surface area (Å²) in [6, 6.07) is 4.27. The third kappa shape index (κ3) is 3.62. The van der Waals surface area contributed by atoms with Crippen LogP contribution in [0.25, 0.3) is 0 Å². The molecule has 1 aromatic carbocycles. The number of nitrogens with one attached hydrogen (secondary N) is 1. The van der Waals surface area contributed by atoms with Crippen LogP contribution in [-0.4, -0.2) is 33.4 Å². The molecule has 0 fully saturated rings. The molecule has 0 aliphatic heterocycles. The molecular formula is C14H13F2N3O4. The van der Waals surface area contributed by atoms with Gasteiger partial charge in [0.05, 0.1) is 11.9 Å². The highest BCUT2D eigenvalue weighted by atomic mass is 19.3. The van der Waals surface area contributed by atoms with E-state index in [0.29, 0.717) is 5.56 Å². The fraction of sp³-hybridized carbons (Fsp3) is 0.214. The third-order valence-corrected chi connectivity index (χ3v) is 2.98. The molecule has 1 heterocycles. The topological polar surface area (TPSA) is 93.4 Å². The monoisotopic (exact) mass is 325 g/mol. The van der Waals surface area contributed by atoms with Crippen molar-refractivity contribution < 1.29 is 28.2 Å². The number of hydrogen-bond donors (Lipinski definition) is 2. The van der Waals surface area contributed by atoms with Crippen molar-refractivity contribution in [3.8, 4) is 5.75 Å². The number of carbonyl (C=O) groups is 2. The molecule has 0 bridgehead atoms. The summed E-state index contributed by atoms with van der Waals surface area (Å²) in [6.45, 7) is -1.35. The smallest absolute Gasteiger partial charge is 0.387 e. The van der Waals surface area contributed by atoms with Crippen molar-refractivity contribution in [3.05, 3.63) is 41.2 Å². The summed E-state index contributed by atoms with van der Waals surface area (Å²) in [5.74, 6) is -2.35. The van der Waals surface area contributed by atoms with E-state index in [2.05, 4.69) is 15.2 Å². The van der Waals surface area contributed by atoms with Crippen LogP contribution in [0.1, 0.15) is 26.4 Å². The molecule has 0 radical (unpaired) electrons. The van der Waals surface area contributed by atoms with Gasteiger partial charge >= 0.3 is 12.6 Å². The summed E-state index contributed by atoms with van der Waals surface area (Å²) in [5, 5.41) is 15.1. The number of amides is 1. The summed E-state index contributed by atoms with van der Waals surface area (Å²) in [7, 11) is 1.40. The van der Waals surface area contributed by atoms with Crippen molar-refractivity contribution in [2.24, 2.45) is 7.05 Å². The highest BCUT2D eigenvalue weighted by Gasteiger charge is 2.23. The lowest BCUT2D eigenvalue weighted by molar-refractivity contribution is -0.0493. The van der Waals surface area contributed by atoms with Gasteiger partial charge in [0.15, 0.2) is 0 Å². The molecule has 7 nitrogen and oxygen atoms in total. The Kier molecular flexibility index (Phi) is 4.58. The molecule has 23 heavy (non-hydrogen) atoms. The van der Waals surface area contributed by atoms with E-state index in [-0.39, 0.29) is 22.7 Å². The molecule has 0 atom stereocenters. The van der Waals surface area contributed by atoms with E-state index in [4.69, 9.17) is 5.11 Å². The molecule has 0 unspecified atom stereocenters. The Bertz CT molecular complexity index is 758. The molecule has 1 amide bonds. The van der Waals surface area contributed by atoms with Gasteiger partial charge in [-0.25, -0.2) is 4.79 Å². The molecule has 122 valence electrons. The van der Waals surface area contributed by atoms with Gasteiger partial charge in [-0.1, -0.05) is 6.07 Å². The quantitative estimate of drug-likeness (QED) is 0.879. The minimum absolute atomic E-state index is 0.00726. The van der Waals surface area contributed by atoms with Crippen LogP contribution in [0.5, 0.6) is 5.75 Å². The standard InChI is InChI=1S/C14H13F2N3O4/c1-7-3-4-10(23-14(15)16)9(5-7)18-12(20)11-8(13(21)22)6-17-19(11)2/h3-6,14H,1-2H3,(H,18,20)(H,21,22). The molecule has 1 aromatic heterocycles. The maximum absolute atomic E-state index is 12.4. The van der Waals surface area contributed by atoms with Gasteiger partial charge in [0.2, 0.25) is 0 Å². The lowest BCUT2D eigenvalue weighted by Crippen LogP contribution is -2.20. The summed E-state index contributed by atoms with van der Waals surface area (Å²) in [6.07, 6.45) is 1.03. The summed E-state index contributed by atoms with van der Waals surface area (Å²) < 4.78 is 30.3. The number of nitrogens with zero attached hydrogens (tertiary/aromatic N) is 2. The molecule has 0 spiro atoms. The number of alkyl halides is 2. The number of carboxylic acid groups (broad SMARTS) is 1. The maximum atomic E-state index is 12.4. The number of aryl methyl sites for hydroxylation is 2. The van der Waals surface area contributed by atoms with Gasteiger partial charge in [-0.2, -0.15) is 13.9 Å². The number of anilines is 1. The Labute approximate surface area is 129 Å². The van der Waals surface area contributed by atoms with Gasteiger partial charge < -0.3 is 15.2 Å². The second kappa shape index (κ2) is 6.42. The number of aromatic nitrogens is 2. The van der Waals surface area contributed by atoms with Gasteiger partial charge in [-0.15, -0.1) is 0 Å². The molecule has 0 aliphatic carbocycles. The van der Waals surface area contributed by atoms with Crippen molar-refractivity contribution in [2.45, 2.75) is 13.5 Å². The van der Waals surface area contributed by atoms with E-state index in [9.17, 15) is 18.4 Å². The number of benzene rings is 1. The van der Waals surface area contributed by atoms with Gasteiger partial charge in [0.25, 0.3) is 5.91 Å². The van der Waals surface area contributed by atoms with Crippen molar-refractivity contribution >= 4 is 17.6 Å². The number of ether oxygens (including phenoxy) is 1. The van der Waals surface area contributed by atoms with Crippen LogP contribution in [0.4, 0.5) is 14.5 Å². The first kappa shape index (κ1) is 16.4. The van der Waals surface area contributed by atoms with Gasteiger partial charge in [0.1, 0.15) is 17.0 Å².